The van der Waals surface area contributed by atoms with Gasteiger partial charge >= 0.3 is 0 Å². The maximum absolute atomic E-state index is 12.1. The number of hydrogen-bond donors (Lipinski definition) is 1. The van der Waals surface area contributed by atoms with E-state index in [2.05, 4.69) is 15.5 Å². The third-order valence-electron chi connectivity index (χ3n) is 4.89. The predicted molar refractivity (Wildman–Crippen MR) is 103 cm³/mol. The Morgan fingerprint density at radius 3 is 2.78 bits per heavy atom. The average molecular weight is 388 g/mol. The smallest absolute Gasteiger partial charge is 0.230 e. The van der Waals surface area contributed by atoms with Crippen molar-refractivity contribution in [1.82, 2.24) is 20.1 Å². The number of nitrogens with one attached hydrogen (secondary N) is 1. The van der Waals surface area contributed by atoms with E-state index in [0.29, 0.717) is 25.0 Å². The second kappa shape index (κ2) is 8.21. The van der Waals surface area contributed by atoms with E-state index in [1.54, 1.807) is 0 Å². The molecule has 1 N–H and O–H groups in total. The van der Waals surface area contributed by atoms with Crippen LogP contribution in [0.5, 0.6) is 11.5 Å². The van der Waals surface area contributed by atoms with E-state index >= 15 is 0 Å². The van der Waals surface area contributed by atoms with Gasteiger partial charge in [0.2, 0.25) is 5.91 Å². The van der Waals surface area contributed by atoms with Crippen molar-refractivity contribution < 1.29 is 14.3 Å². The summed E-state index contributed by atoms with van der Waals surface area (Å²) in [7, 11) is 1.91. The molecule has 4 rings (SSSR count). The van der Waals surface area contributed by atoms with E-state index in [9.17, 15) is 4.79 Å². The highest BCUT2D eigenvalue weighted by Crippen LogP contribution is 2.34. The maximum Gasteiger partial charge on any atom is 0.230 e. The van der Waals surface area contributed by atoms with Crippen LogP contribution in [0.3, 0.4) is 0 Å². The molecule has 1 fully saturated rings. The van der Waals surface area contributed by atoms with Crippen LogP contribution in [0.25, 0.3) is 11.4 Å². The van der Waals surface area contributed by atoms with E-state index in [0.717, 1.165) is 47.3 Å². The summed E-state index contributed by atoms with van der Waals surface area (Å²) in [6, 6.07) is 6.15. The van der Waals surface area contributed by atoms with E-state index < -0.39 is 0 Å². The molecule has 2 heterocycles. The fourth-order valence-corrected chi connectivity index (χ4v) is 4.19. The molecule has 8 heteroatoms. The molecule has 1 aromatic heterocycles. The lowest BCUT2D eigenvalue weighted by Crippen LogP contribution is -2.33. The van der Waals surface area contributed by atoms with Gasteiger partial charge in [-0.1, -0.05) is 24.6 Å². The Bertz CT molecular complexity index is 817. The fraction of sp³-hybridized carbons (Fsp3) is 0.526. The van der Waals surface area contributed by atoms with Gasteiger partial charge in [0.1, 0.15) is 0 Å². The van der Waals surface area contributed by atoms with Crippen LogP contribution in [0.15, 0.2) is 23.4 Å². The zero-order chi connectivity index (χ0) is 18.6. The Hall–Kier alpha value is -2.22. The van der Waals surface area contributed by atoms with Crippen LogP contribution in [0.1, 0.15) is 32.1 Å². The Kier molecular flexibility index (Phi) is 5.52. The first kappa shape index (κ1) is 18.2. The molecule has 0 spiro atoms. The van der Waals surface area contributed by atoms with Gasteiger partial charge in [-0.25, -0.2) is 0 Å². The molecular formula is C19H24N4O3S. The monoisotopic (exact) mass is 388 g/mol. The van der Waals surface area contributed by atoms with Gasteiger partial charge in [-0.05, 0) is 31.0 Å². The molecule has 0 bridgehead atoms. The highest BCUT2D eigenvalue weighted by Gasteiger charge is 2.19. The molecule has 27 heavy (non-hydrogen) atoms. The number of ether oxygens (including phenoxy) is 2. The Morgan fingerprint density at radius 1 is 1.19 bits per heavy atom. The van der Waals surface area contributed by atoms with Gasteiger partial charge in [-0.2, -0.15) is 0 Å². The molecule has 1 aliphatic heterocycles. The molecule has 0 radical (unpaired) electrons. The van der Waals surface area contributed by atoms with Crippen molar-refractivity contribution in [2.24, 2.45) is 7.05 Å². The number of rotatable bonds is 5. The highest BCUT2D eigenvalue weighted by molar-refractivity contribution is 7.99. The van der Waals surface area contributed by atoms with Crippen molar-refractivity contribution in [3.8, 4) is 22.9 Å². The summed E-state index contributed by atoms with van der Waals surface area (Å²) < 4.78 is 13.3. The molecule has 0 saturated heterocycles. The van der Waals surface area contributed by atoms with Gasteiger partial charge < -0.3 is 19.4 Å². The van der Waals surface area contributed by atoms with Crippen molar-refractivity contribution in [2.75, 3.05) is 19.0 Å². The van der Waals surface area contributed by atoms with E-state index in [4.69, 9.17) is 9.47 Å². The van der Waals surface area contributed by atoms with Crippen LogP contribution in [0.4, 0.5) is 0 Å². The highest BCUT2D eigenvalue weighted by atomic mass is 32.2. The van der Waals surface area contributed by atoms with Crippen molar-refractivity contribution >= 4 is 17.7 Å². The Balaban J connectivity index is 1.42. The molecule has 2 aromatic rings. The quantitative estimate of drug-likeness (QED) is 0.794. The minimum atomic E-state index is 0.0621. The second-order valence-electron chi connectivity index (χ2n) is 6.91. The number of thioether (sulfide) groups is 1. The number of amides is 1. The first-order chi connectivity index (χ1) is 13.2. The standard InChI is InChI=1S/C19H24N4O3S/c1-23-18(13-7-8-15-16(11-13)26-10-4-9-25-15)21-22-19(23)27-12-17(24)20-14-5-2-3-6-14/h7-8,11,14H,2-6,9-10,12H2,1H3,(H,20,24). The fourth-order valence-electron chi connectivity index (χ4n) is 3.46. The van der Waals surface area contributed by atoms with Crippen molar-refractivity contribution in [1.29, 1.82) is 0 Å². The molecule has 1 saturated carbocycles. The predicted octanol–water partition coefficient (Wildman–Crippen LogP) is 2.79. The molecule has 0 unspecified atom stereocenters. The van der Waals surface area contributed by atoms with Crippen molar-refractivity contribution in [3.05, 3.63) is 18.2 Å². The van der Waals surface area contributed by atoms with Gasteiger partial charge in [-0.3, -0.25) is 4.79 Å². The van der Waals surface area contributed by atoms with Crippen LogP contribution in [0.2, 0.25) is 0 Å². The molecule has 0 atom stereocenters. The number of nitrogens with zero attached hydrogens (tertiary/aromatic N) is 3. The topological polar surface area (TPSA) is 78.3 Å². The summed E-state index contributed by atoms with van der Waals surface area (Å²) in [4.78, 5) is 12.1. The van der Waals surface area contributed by atoms with E-state index in [-0.39, 0.29) is 5.91 Å². The van der Waals surface area contributed by atoms with Crippen LogP contribution in [-0.2, 0) is 11.8 Å². The minimum absolute atomic E-state index is 0.0621. The third kappa shape index (κ3) is 4.21. The zero-order valence-corrected chi connectivity index (χ0v) is 16.3. The Morgan fingerprint density at radius 2 is 1.96 bits per heavy atom. The van der Waals surface area contributed by atoms with Crippen molar-refractivity contribution in [2.45, 2.75) is 43.3 Å². The summed E-state index contributed by atoms with van der Waals surface area (Å²) in [5, 5.41) is 12.4. The van der Waals surface area contributed by atoms with Crippen LogP contribution >= 0.6 is 11.8 Å². The first-order valence-electron chi connectivity index (χ1n) is 9.42. The molecule has 1 aromatic carbocycles. The molecule has 1 aliphatic carbocycles. The second-order valence-corrected chi connectivity index (χ2v) is 7.86. The zero-order valence-electron chi connectivity index (χ0n) is 15.4. The Labute approximate surface area is 162 Å². The lowest BCUT2D eigenvalue weighted by molar-refractivity contribution is -0.119. The van der Waals surface area contributed by atoms with Crippen LogP contribution in [-0.4, -0.2) is 45.7 Å². The van der Waals surface area contributed by atoms with Gasteiger partial charge in [0.05, 0.1) is 19.0 Å². The molecular weight excluding hydrogens is 364 g/mol. The van der Waals surface area contributed by atoms with Gasteiger partial charge in [-0.15, -0.1) is 10.2 Å². The number of aromatic nitrogens is 3. The summed E-state index contributed by atoms with van der Waals surface area (Å²) in [6.07, 6.45) is 5.47. The van der Waals surface area contributed by atoms with Crippen LogP contribution < -0.4 is 14.8 Å². The van der Waals surface area contributed by atoms with E-state index in [1.165, 1.54) is 24.6 Å². The van der Waals surface area contributed by atoms with Gasteiger partial charge in [0, 0.05) is 25.1 Å². The van der Waals surface area contributed by atoms with Crippen LogP contribution in [0, 0.1) is 0 Å². The third-order valence-corrected chi connectivity index (χ3v) is 5.91. The lowest BCUT2D eigenvalue weighted by atomic mass is 10.2. The SMILES string of the molecule is Cn1c(SCC(=O)NC2CCCC2)nnc1-c1ccc2c(c1)OCCCO2. The van der Waals surface area contributed by atoms with Gasteiger partial charge in [0.25, 0.3) is 0 Å². The number of carbonyl (C=O) groups is 1. The van der Waals surface area contributed by atoms with Crippen molar-refractivity contribution in [3.63, 3.8) is 0 Å². The summed E-state index contributed by atoms with van der Waals surface area (Å²) in [5.74, 6) is 2.65. The number of carbonyl (C=O) groups excluding carboxylic acids is 1. The van der Waals surface area contributed by atoms with Gasteiger partial charge in [0.15, 0.2) is 22.5 Å². The maximum atomic E-state index is 12.1. The number of benzene rings is 1. The summed E-state index contributed by atoms with van der Waals surface area (Å²) in [5.41, 5.74) is 0.913. The molecule has 2 aliphatic rings. The summed E-state index contributed by atoms with van der Waals surface area (Å²) in [6.45, 7) is 1.31. The normalized spacial score (nSPS) is 16.9. The average Bonchev–Trinajstić information content (AvgIpc) is 3.23. The molecule has 144 valence electrons. The lowest BCUT2D eigenvalue weighted by Gasteiger charge is -2.11. The summed E-state index contributed by atoms with van der Waals surface area (Å²) >= 11 is 1.41. The first-order valence-corrected chi connectivity index (χ1v) is 10.4. The molecule has 7 nitrogen and oxygen atoms in total. The number of fused-ring (bicyclic) bond motifs is 1. The number of hydrogen-bond acceptors (Lipinski definition) is 6. The molecule has 1 amide bonds. The van der Waals surface area contributed by atoms with E-state index in [1.807, 2.05) is 29.8 Å². The minimum Gasteiger partial charge on any atom is -0.490 e. The largest absolute Gasteiger partial charge is 0.490 e.